The molecule has 2 aromatic rings. The fourth-order valence-electron chi connectivity index (χ4n) is 3.20. The standard InChI is InChI=1S/C21H24N2O2/c1-17-6-5-7-18(16-17)10-11-20(24)22-12-14-23(15-13-22)21(25)19-8-3-2-4-9-19/h2-9,16H,10-15H2,1H3. The predicted octanol–water partition coefficient (Wildman–Crippen LogP) is 2.91. The highest BCUT2D eigenvalue weighted by atomic mass is 16.2. The van der Waals surface area contributed by atoms with Crippen LogP contribution in [0.4, 0.5) is 0 Å². The van der Waals surface area contributed by atoms with Crippen LogP contribution < -0.4 is 0 Å². The summed E-state index contributed by atoms with van der Waals surface area (Å²) in [6.07, 6.45) is 1.29. The van der Waals surface area contributed by atoms with E-state index in [1.54, 1.807) is 0 Å². The number of benzene rings is 2. The molecule has 0 unspecified atom stereocenters. The molecule has 4 nitrogen and oxygen atoms in total. The van der Waals surface area contributed by atoms with E-state index in [1.165, 1.54) is 11.1 Å². The van der Waals surface area contributed by atoms with Gasteiger partial charge in [-0.1, -0.05) is 48.0 Å². The van der Waals surface area contributed by atoms with Crippen LogP contribution in [0.2, 0.25) is 0 Å². The second kappa shape index (κ2) is 7.97. The van der Waals surface area contributed by atoms with E-state index < -0.39 is 0 Å². The summed E-state index contributed by atoms with van der Waals surface area (Å²) < 4.78 is 0. The molecule has 130 valence electrons. The first-order valence-electron chi connectivity index (χ1n) is 8.81. The first-order valence-corrected chi connectivity index (χ1v) is 8.81. The van der Waals surface area contributed by atoms with Crippen molar-refractivity contribution in [2.75, 3.05) is 26.2 Å². The molecule has 0 aromatic heterocycles. The number of hydrogen-bond acceptors (Lipinski definition) is 2. The highest BCUT2D eigenvalue weighted by Crippen LogP contribution is 2.12. The Balaban J connectivity index is 1.48. The molecule has 0 N–H and O–H groups in total. The summed E-state index contributed by atoms with van der Waals surface area (Å²) in [5.41, 5.74) is 3.13. The Labute approximate surface area is 149 Å². The molecule has 1 saturated heterocycles. The lowest BCUT2D eigenvalue weighted by atomic mass is 10.1. The van der Waals surface area contributed by atoms with Crippen LogP contribution in [0.1, 0.15) is 27.9 Å². The molecule has 0 spiro atoms. The van der Waals surface area contributed by atoms with Gasteiger partial charge >= 0.3 is 0 Å². The van der Waals surface area contributed by atoms with Gasteiger partial charge in [0, 0.05) is 38.2 Å². The Morgan fingerprint density at radius 1 is 0.880 bits per heavy atom. The van der Waals surface area contributed by atoms with Crippen molar-refractivity contribution in [2.24, 2.45) is 0 Å². The molecule has 0 saturated carbocycles. The molecule has 0 bridgehead atoms. The van der Waals surface area contributed by atoms with Gasteiger partial charge in [-0.25, -0.2) is 0 Å². The second-order valence-corrected chi connectivity index (χ2v) is 6.53. The van der Waals surface area contributed by atoms with E-state index in [2.05, 4.69) is 25.1 Å². The minimum absolute atomic E-state index is 0.0486. The smallest absolute Gasteiger partial charge is 0.253 e. The van der Waals surface area contributed by atoms with Crippen LogP contribution in [0.3, 0.4) is 0 Å². The topological polar surface area (TPSA) is 40.6 Å². The summed E-state index contributed by atoms with van der Waals surface area (Å²) in [5, 5.41) is 0. The van der Waals surface area contributed by atoms with Crippen molar-refractivity contribution in [2.45, 2.75) is 19.8 Å². The third-order valence-electron chi connectivity index (χ3n) is 4.65. The molecule has 4 heteroatoms. The Morgan fingerprint density at radius 3 is 2.24 bits per heavy atom. The molecule has 1 aliphatic heterocycles. The summed E-state index contributed by atoms with van der Waals surface area (Å²) in [6, 6.07) is 17.6. The average molecular weight is 336 g/mol. The molecule has 0 radical (unpaired) electrons. The maximum Gasteiger partial charge on any atom is 0.253 e. The zero-order valence-electron chi connectivity index (χ0n) is 14.6. The van der Waals surface area contributed by atoms with Crippen LogP contribution in [0.5, 0.6) is 0 Å². The fraction of sp³-hybridized carbons (Fsp3) is 0.333. The average Bonchev–Trinajstić information content (AvgIpc) is 2.66. The number of carbonyl (C=O) groups is 2. The van der Waals surface area contributed by atoms with Gasteiger partial charge in [0.2, 0.25) is 5.91 Å². The van der Waals surface area contributed by atoms with Crippen molar-refractivity contribution < 1.29 is 9.59 Å². The molecule has 1 aliphatic rings. The van der Waals surface area contributed by atoms with E-state index >= 15 is 0 Å². The van der Waals surface area contributed by atoms with Crippen LogP contribution in [0, 0.1) is 6.92 Å². The van der Waals surface area contributed by atoms with E-state index in [0.29, 0.717) is 38.2 Å². The van der Waals surface area contributed by atoms with Crippen molar-refractivity contribution in [1.29, 1.82) is 0 Å². The van der Waals surface area contributed by atoms with Gasteiger partial charge in [-0.05, 0) is 31.0 Å². The van der Waals surface area contributed by atoms with Gasteiger partial charge in [-0.3, -0.25) is 9.59 Å². The molecule has 25 heavy (non-hydrogen) atoms. The SMILES string of the molecule is Cc1cccc(CCC(=O)N2CCN(C(=O)c3ccccc3)CC2)c1. The van der Waals surface area contributed by atoms with Crippen LogP contribution >= 0.6 is 0 Å². The Bertz CT molecular complexity index is 735. The van der Waals surface area contributed by atoms with Gasteiger partial charge < -0.3 is 9.80 Å². The monoisotopic (exact) mass is 336 g/mol. The minimum atomic E-state index is 0.0486. The number of hydrogen-bond donors (Lipinski definition) is 0. The van der Waals surface area contributed by atoms with Gasteiger partial charge in [-0.15, -0.1) is 0 Å². The van der Waals surface area contributed by atoms with Gasteiger partial charge in [0.25, 0.3) is 5.91 Å². The molecule has 0 atom stereocenters. The lowest BCUT2D eigenvalue weighted by molar-refractivity contribution is -0.132. The lowest BCUT2D eigenvalue weighted by Crippen LogP contribution is -2.50. The number of piperazine rings is 1. The van der Waals surface area contributed by atoms with Crippen molar-refractivity contribution in [3.05, 3.63) is 71.3 Å². The maximum atomic E-state index is 12.4. The number of nitrogens with zero attached hydrogens (tertiary/aromatic N) is 2. The first-order chi connectivity index (χ1) is 12.1. The van der Waals surface area contributed by atoms with E-state index in [-0.39, 0.29) is 11.8 Å². The normalized spacial score (nSPS) is 14.4. The van der Waals surface area contributed by atoms with Crippen LogP contribution in [0.25, 0.3) is 0 Å². The Kier molecular flexibility index (Phi) is 5.49. The second-order valence-electron chi connectivity index (χ2n) is 6.53. The van der Waals surface area contributed by atoms with Crippen LogP contribution in [0.15, 0.2) is 54.6 Å². The molecule has 2 aromatic carbocycles. The van der Waals surface area contributed by atoms with E-state index in [9.17, 15) is 9.59 Å². The van der Waals surface area contributed by atoms with E-state index in [1.807, 2.05) is 46.2 Å². The van der Waals surface area contributed by atoms with E-state index in [4.69, 9.17) is 0 Å². The third kappa shape index (κ3) is 4.47. The largest absolute Gasteiger partial charge is 0.339 e. The minimum Gasteiger partial charge on any atom is -0.339 e. The highest BCUT2D eigenvalue weighted by molar-refractivity contribution is 5.94. The van der Waals surface area contributed by atoms with Crippen molar-refractivity contribution >= 4 is 11.8 Å². The fourth-order valence-corrected chi connectivity index (χ4v) is 3.20. The highest BCUT2D eigenvalue weighted by Gasteiger charge is 2.24. The summed E-state index contributed by atoms with van der Waals surface area (Å²) in [7, 11) is 0. The predicted molar refractivity (Wildman–Crippen MR) is 98.4 cm³/mol. The molecule has 0 aliphatic carbocycles. The van der Waals surface area contributed by atoms with Crippen LogP contribution in [-0.2, 0) is 11.2 Å². The van der Waals surface area contributed by atoms with E-state index in [0.717, 1.165) is 6.42 Å². The molecular weight excluding hydrogens is 312 g/mol. The molecule has 1 fully saturated rings. The van der Waals surface area contributed by atoms with Crippen molar-refractivity contribution in [3.8, 4) is 0 Å². The van der Waals surface area contributed by atoms with Crippen molar-refractivity contribution in [3.63, 3.8) is 0 Å². The number of aryl methyl sites for hydroxylation is 2. The summed E-state index contributed by atoms with van der Waals surface area (Å²) in [6.45, 7) is 4.50. The number of carbonyl (C=O) groups excluding carboxylic acids is 2. The zero-order valence-corrected chi connectivity index (χ0v) is 14.6. The summed E-state index contributed by atoms with van der Waals surface area (Å²) >= 11 is 0. The molecule has 1 heterocycles. The van der Waals surface area contributed by atoms with Gasteiger partial charge in [0.1, 0.15) is 0 Å². The number of rotatable bonds is 4. The third-order valence-corrected chi connectivity index (χ3v) is 4.65. The molecule has 3 rings (SSSR count). The Morgan fingerprint density at radius 2 is 1.56 bits per heavy atom. The summed E-state index contributed by atoms with van der Waals surface area (Å²) in [4.78, 5) is 28.6. The summed E-state index contributed by atoms with van der Waals surface area (Å²) in [5.74, 6) is 0.223. The quantitative estimate of drug-likeness (QED) is 0.861. The van der Waals surface area contributed by atoms with Gasteiger partial charge in [0.15, 0.2) is 0 Å². The van der Waals surface area contributed by atoms with Gasteiger partial charge in [-0.2, -0.15) is 0 Å². The zero-order chi connectivity index (χ0) is 17.6. The van der Waals surface area contributed by atoms with Crippen molar-refractivity contribution in [1.82, 2.24) is 9.80 Å². The maximum absolute atomic E-state index is 12.4. The molecular formula is C21H24N2O2. The van der Waals surface area contributed by atoms with Crippen LogP contribution in [-0.4, -0.2) is 47.8 Å². The van der Waals surface area contributed by atoms with Gasteiger partial charge in [0.05, 0.1) is 0 Å². The first kappa shape index (κ1) is 17.2. The molecule has 2 amide bonds. The Hall–Kier alpha value is -2.62. The number of amides is 2. The lowest BCUT2D eigenvalue weighted by Gasteiger charge is -2.35.